The van der Waals surface area contributed by atoms with Crippen molar-refractivity contribution in [1.29, 1.82) is 0 Å². The third kappa shape index (κ3) is 5.66. The summed E-state index contributed by atoms with van der Waals surface area (Å²) in [6, 6.07) is 24.3. The van der Waals surface area contributed by atoms with E-state index < -0.39 is 5.97 Å². The second-order valence-corrected chi connectivity index (χ2v) is 5.21. The molecule has 3 aromatic rings. The third-order valence-electron chi connectivity index (χ3n) is 3.40. The quantitative estimate of drug-likeness (QED) is 0.768. The van der Waals surface area contributed by atoms with Crippen molar-refractivity contribution in [3.8, 4) is 0 Å². The van der Waals surface area contributed by atoms with Crippen LogP contribution in [-0.4, -0.2) is 16.1 Å². The fraction of sp³-hybridized carbons (Fsp3) is 0.100. The average Bonchev–Trinajstić information content (AvgIpc) is 2.64. The lowest BCUT2D eigenvalue weighted by Gasteiger charge is -2.10. The molecule has 0 amide bonds. The molecule has 0 aliphatic rings. The summed E-state index contributed by atoms with van der Waals surface area (Å²) in [4.78, 5) is 14.5. The number of aromatic nitrogens is 1. The van der Waals surface area contributed by atoms with Crippen molar-refractivity contribution in [3.63, 3.8) is 0 Å². The van der Waals surface area contributed by atoms with Gasteiger partial charge in [-0.15, -0.1) is 0 Å². The first-order chi connectivity index (χ1) is 11.7. The van der Waals surface area contributed by atoms with E-state index in [1.807, 2.05) is 48.5 Å². The van der Waals surface area contributed by atoms with Gasteiger partial charge in [0.05, 0.1) is 5.56 Å². The summed E-state index contributed by atoms with van der Waals surface area (Å²) in [6.07, 6.45) is 2.58. The molecule has 0 fully saturated rings. The standard InChI is InChI=1S/C13H14N2.C7H6O2/c14-13(11-6-2-1-3-7-11)10-12-8-4-5-9-15-12;8-7(9)6-4-2-1-3-5-6/h1-9,13H,10,14H2;1-5H,(H,8,9). The van der Waals surface area contributed by atoms with Gasteiger partial charge in [-0.1, -0.05) is 54.6 Å². The number of carboxylic acids is 1. The van der Waals surface area contributed by atoms with E-state index in [0.29, 0.717) is 5.56 Å². The van der Waals surface area contributed by atoms with Gasteiger partial charge in [0.1, 0.15) is 0 Å². The lowest BCUT2D eigenvalue weighted by atomic mass is 10.0. The van der Waals surface area contributed by atoms with E-state index in [9.17, 15) is 4.79 Å². The number of hydrogen-bond donors (Lipinski definition) is 2. The Morgan fingerprint density at radius 3 is 2.00 bits per heavy atom. The van der Waals surface area contributed by atoms with Gasteiger partial charge in [-0.2, -0.15) is 0 Å². The molecule has 0 spiro atoms. The van der Waals surface area contributed by atoms with E-state index >= 15 is 0 Å². The van der Waals surface area contributed by atoms with Crippen LogP contribution >= 0.6 is 0 Å². The first-order valence-corrected chi connectivity index (χ1v) is 7.65. The molecule has 122 valence electrons. The molecular formula is C20H20N2O2. The van der Waals surface area contributed by atoms with Crippen LogP contribution in [0.4, 0.5) is 0 Å². The summed E-state index contributed by atoms with van der Waals surface area (Å²) in [7, 11) is 0. The lowest BCUT2D eigenvalue weighted by molar-refractivity contribution is 0.0697. The van der Waals surface area contributed by atoms with Gasteiger partial charge in [-0.25, -0.2) is 4.79 Å². The molecule has 0 saturated carbocycles. The average molecular weight is 320 g/mol. The van der Waals surface area contributed by atoms with E-state index in [1.54, 1.807) is 36.5 Å². The van der Waals surface area contributed by atoms with E-state index in [2.05, 4.69) is 4.98 Å². The molecule has 24 heavy (non-hydrogen) atoms. The monoisotopic (exact) mass is 320 g/mol. The summed E-state index contributed by atoms with van der Waals surface area (Å²) < 4.78 is 0. The number of nitrogens with two attached hydrogens (primary N) is 1. The minimum atomic E-state index is -0.879. The molecule has 0 saturated heterocycles. The molecule has 2 aromatic carbocycles. The Morgan fingerprint density at radius 2 is 1.50 bits per heavy atom. The zero-order valence-corrected chi connectivity index (χ0v) is 13.2. The van der Waals surface area contributed by atoms with Crippen molar-refractivity contribution in [2.75, 3.05) is 0 Å². The highest BCUT2D eigenvalue weighted by Crippen LogP contribution is 2.13. The smallest absolute Gasteiger partial charge is 0.335 e. The SMILES string of the molecule is NC(Cc1ccccn1)c1ccccc1.O=C(O)c1ccccc1. The van der Waals surface area contributed by atoms with Gasteiger partial charge >= 0.3 is 5.97 Å². The molecule has 0 radical (unpaired) electrons. The van der Waals surface area contributed by atoms with Crippen molar-refractivity contribution < 1.29 is 9.90 Å². The number of carbonyl (C=O) groups is 1. The van der Waals surface area contributed by atoms with Gasteiger partial charge in [-0.05, 0) is 29.8 Å². The summed E-state index contributed by atoms with van der Waals surface area (Å²) in [6.45, 7) is 0. The summed E-state index contributed by atoms with van der Waals surface area (Å²) >= 11 is 0. The lowest BCUT2D eigenvalue weighted by Crippen LogP contribution is -2.13. The van der Waals surface area contributed by atoms with Crippen LogP contribution in [-0.2, 0) is 6.42 Å². The van der Waals surface area contributed by atoms with Gasteiger partial charge in [0.2, 0.25) is 0 Å². The Labute approximate surface area is 141 Å². The fourth-order valence-corrected chi connectivity index (χ4v) is 2.14. The van der Waals surface area contributed by atoms with Crippen molar-refractivity contribution >= 4 is 5.97 Å². The fourth-order valence-electron chi connectivity index (χ4n) is 2.14. The first-order valence-electron chi connectivity index (χ1n) is 7.65. The summed E-state index contributed by atoms with van der Waals surface area (Å²) in [5.41, 5.74) is 8.61. The van der Waals surface area contributed by atoms with Gasteiger partial charge in [0.25, 0.3) is 0 Å². The van der Waals surface area contributed by atoms with Crippen LogP contribution < -0.4 is 5.73 Å². The molecule has 1 heterocycles. The topological polar surface area (TPSA) is 76.2 Å². The maximum atomic E-state index is 10.2. The number of rotatable bonds is 4. The zero-order valence-electron chi connectivity index (χ0n) is 13.2. The van der Waals surface area contributed by atoms with Crippen molar-refractivity contribution in [1.82, 2.24) is 4.98 Å². The minimum Gasteiger partial charge on any atom is -0.478 e. The van der Waals surface area contributed by atoms with Crippen LogP contribution in [0.3, 0.4) is 0 Å². The zero-order chi connectivity index (χ0) is 17.2. The Hall–Kier alpha value is -2.98. The number of aromatic carboxylic acids is 1. The van der Waals surface area contributed by atoms with Gasteiger partial charge in [-0.3, -0.25) is 4.98 Å². The van der Waals surface area contributed by atoms with Crippen LogP contribution in [0.1, 0.15) is 27.7 Å². The highest BCUT2D eigenvalue weighted by Gasteiger charge is 2.06. The van der Waals surface area contributed by atoms with Gasteiger partial charge in [0, 0.05) is 24.4 Å². The highest BCUT2D eigenvalue weighted by atomic mass is 16.4. The molecular weight excluding hydrogens is 300 g/mol. The predicted octanol–water partition coefficient (Wildman–Crippen LogP) is 3.71. The molecule has 0 aliphatic carbocycles. The second-order valence-electron chi connectivity index (χ2n) is 5.21. The first kappa shape index (κ1) is 17.4. The summed E-state index contributed by atoms with van der Waals surface area (Å²) in [5.74, 6) is -0.879. The van der Waals surface area contributed by atoms with E-state index in [1.165, 1.54) is 0 Å². The number of pyridine rings is 1. The predicted molar refractivity (Wildman–Crippen MR) is 94.7 cm³/mol. The van der Waals surface area contributed by atoms with Crippen molar-refractivity contribution in [2.24, 2.45) is 5.73 Å². The molecule has 4 heteroatoms. The van der Waals surface area contributed by atoms with Crippen LogP contribution in [0.25, 0.3) is 0 Å². The Morgan fingerprint density at radius 1 is 0.917 bits per heavy atom. The molecule has 0 bridgehead atoms. The third-order valence-corrected chi connectivity index (χ3v) is 3.40. The molecule has 1 aromatic heterocycles. The van der Waals surface area contributed by atoms with Gasteiger partial charge < -0.3 is 10.8 Å². The number of nitrogens with zero attached hydrogens (tertiary/aromatic N) is 1. The Kier molecular flexibility index (Phi) is 6.68. The van der Waals surface area contributed by atoms with Crippen LogP contribution in [0, 0.1) is 0 Å². The Balaban J connectivity index is 0.000000198. The van der Waals surface area contributed by atoms with Crippen molar-refractivity contribution in [2.45, 2.75) is 12.5 Å². The van der Waals surface area contributed by atoms with E-state index in [4.69, 9.17) is 10.8 Å². The van der Waals surface area contributed by atoms with Crippen LogP contribution in [0.5, 0.6) is 0 Å². The molecule has 3 N–H and O–H groups in total. The second kappa shape index (κ2) is 9.22. The summed E-state index contributed by atoms with van der Waals surface area (Å²) in [5, 5.41) is 8.38. The van der Waals surface area contributed by atoms with Crippen molar-refractivity contribution in [3.05, 3.63) is 102 Å². The Bertz CT molecular complexity index is 731. The van der Waals surface area contributed by atoms with Gasteiger partial charge in [0.15, 0.2) is 0 Å². The molecule has 1 atom stereocenters. The van der Waals surface area contributed by atoms with Crippen LogP contribution in [0.15, 0.2) is 85.1 Å². The number of benzene rings is 2. The van der Waals surface area contributed by atoms with E-state index in [-0.39, 0.29) is 6.04 Å². The maximum Gasteiger partial charge on any atom is 0.335 e. The molecule has 3 rings (SSSR count). The molecule has 4 nitrogen and oxygen atoms in total. The molecule has 0 aliphatic heterocycles. The van der Waals surface area contributed by atoms with Crippen LogP contribution in [0.2, 0.25) is 0 Å². The highest BCUT2D eigenvalue weighted by molar-refractivity contribution is 5.87. The minimum absolute atomic E-state index is 0.0288. The maximum absolute atomic E-state index is 10.2. The normalized spacial score (nSPS) is 11.0. The molecule has 1 unspecified atom stereocenters. The number of carboxylic acid groups (broad SMARTS) is 1. The van der Waals surface area contributed by atoms with E-state index in [0.717, 1.165) is 17.7 Å². The largest absolute Gasteiger partial charge is 0.478 e. The number of hydrogen-bond acceptors (Lipinski definition) is 3.